The minimum Gasteiger partial charge on any atom is -0.247 e. The lowest BCUT2D eigenvalue weighted by Crippen LogP contribution is -1.67. The summed E-state index contributed by atoms with van der Waals surface area (Å²) < 4.78 is 11.4. The van der Waals surface area contributed by atoms with Gasteiger partial charge in [0.05, 0.1) is 0 Å². The third-order valence-electron chi connectivity index (χ3n) is 1.16. The summed E-state index contributed by atoms with van der Waals surface area (Å²) in [6.07, 6.45) is 6.22. The van der Waals surface area contributed by atoms with E-state index in [0.29, 0.717) is 0 Å². The van der Waals surface area contributed by atoms with Crippen molar-refractivity contribution in [3.63, 3.8) is 0 Å². The summed E-state index contributed by atoms with van der Waals surface area (Å²) in [6.45, 7) is 3.74. The van der Waals surface area contributed by atoms with Crippen LogP contribution in [-0.4, -0.2) is 6.67 Å². The van der Waals surface area contributed by atoms with E-state index in [9.17, 15) is 4.39 Å². The van der Waals surface area contributed by atoms with Gasteiger partial charge in [0.1, 0.15) is 6.67 Å². The topological polar surface area (TPSA) is 0 Å². The molecule has 0 rings (SSSR count). The van der Waals surface area contributed by atoms with Crippen LogP contribution < -0.4 is 0 Å². The van der Waals surface area contributed by atoms with E-state index in [1.165, 1.54) is 11.6 Å². The molecule has 0 aliphatic heterocycles. The first-order chi connectivity index (χ1) is 4.31. The Balaban J connectivity index is 3.55. The Morgan fingerprint density at radius 1 is 1.56 bits per heavy atom. The summed E-state index contributed by atoms with van der Waals surface area (Å²) in [5, 5.41) is 0. The Morgan fingerprint density at radius 2 is 2.22 bits per heavy atom. The lowest BCUT2D eigenvalue weighted by atomic mass is 10.2. The van der Waals surface area contributed by atoms with Gasteiger partial charge in [0.15, 0.2) is 0 Å². The second-order valence-corrected chi connectivity index (χ2v) is 1.95. The molecule has 52 valence electrons. The minimum atomic E-state index is -0.368. The van der Waals surface area contributed by atoms with E-state index in [1.807, 2.05) is 13.0 Å². The summed E-state index contributed by atoms with van der Waals surface area (Å²) in [5.74, 6) is 0. The summed E-state index contributed by atoms with van der Waals surface area (Å²) in [4.78, 5) is 0. The molecule has 0 aliphatic carbocycles. The largest absolute Gasteiger partial charge is 0.247 e. The van der Waals surface area contributed by atoms with Gasteiger partial charge in [0, 0.05) is 0 Å². The maximum Gasteiger partial charge on any atom is 0.108 e. The highest BCUT2D eigenvalue weighted by Gasteiger charge is 1.76. The predicted octanol–water partition coefficient (Wildman–Crippen LogP) is 2.87. The minimum absolute atomic E-state index is 0.368. The normalized spacial score (nSPS) is 13.0. The molecule has 0 N–H and O–H groups in total. The maximum absolute atomic E-state index is 11.4. The molecule has 0 fully saturated rings. The first kappa shape index (κ1) is 8.41. The second kappa shape index (κ2) is 5.54. The van der Waals surface area contributed by atoms with Crippen LogP contribution in [0.4, 0.5) is 4.39 Å². The molecular formula is C8H13F. The van der Waals surface area contributed by atoms with E-state index >= 15 is 0 Å². The Labute approximate surface area is 56.1 Å². The van der Waals surface area contributed by atoms with Crippen molar-refractivity contribution in [2.45, 2.75) is 20.3 Å². The van der Waals surface area contributed by atoms with E-state index in [0.717, 1.165) is 6.42 Å². The molecule has 9 heavy (non-hydrogen) atoms. The molecule has 1 heteroatoms. The van der Waals surface area contributed by atoms with E-state index in [1.54, 1.807) is 6.08 Å². The van der Waals surface area contributed by atoms with Crippen molar-refractivity contribution in [3.05, 3.63) is 23.8 Å². The van der Waals surface area contributed by atoms with E-state index < -0.39 is 0 Å². The molecule has 0 heterocycles. The van der Waals surface area contributed by atoms with Crippen molar-refractivity contribution in [1.82, 2.24) is 0 Å². The van der Waals surface area contributed by atoms with Gasteiger partial charge in [-0.1, -0.05) is 30.7 Å². The molecule has 0 amide bonds. The van der Waals surface area contributed by atoms with Gasteiger partial charge in [-0.2, -0.15) is 0 Å². The molecule has 0 aromatic heterocycles. The Bertz CT molecular complexity index is 112. The smallest absolute Gasteiger partial charge is 0.108 e. The average molecular weight is 128 g/mol. The lowest BCUT2D eigenvalue weighted by Gasteiger charge is -1.87. The number of allylic oxidation sites excluding steroid dienone is 4. The number of alkyl halides is 1. The van der Waals surface area contributed by atoms with E-state index in [2.05, 4.69) is 6.92 Å². The van der Waals surface area contributed by atoms with Crippen LogP contribution in [0.3, 0.4) is 0 Å². The van der Waals surface area contributed by atoms with Crippen molar-refractivity contribution in [2.24, 2.45) is 0 Å². The Hall–Kier alpha value is -0.590. The molecule has 0 saturated heterocycles. The van der Waals surface area contributed by atoms with Gasteiger partial charge in [0.25, 0.3) is 0 Å². The Morgan fingerprint density at radius 3 is 2.67 bits per heavy atom. The van der Waals surface area contributed by atoms with Crippen molar-refractivity contribution in [1.29, 1.82) is 0 Å². The van der Waals surface area contributed by atoms with Crippen molar-refractivity contribution in [3.8, 4) is 0 Å². The highest BCUT2D eigenvalue weighted by Crippen LogP contribution is 1.96. The molecular weight excluding hydrogens is 115 g/mol. The predicted molar refractivity (Wildman–Crippen MR) is 39.2 cm³/mol. The van der Waals surface area contributed by atoms with Crippen LogP contribution in [0.5, 0.6) is 0 Å². The first-order valence-electron chi connectivity index (χ1n) is 3.19. The van der Waals surface area contributed by atoms with Crippen LogP contribution >= 0.6 is 0 Å². The van der Waals surface area contributed by atoms with E-state index in [4.69, 9.17) is 0 Å². The maximum atomic E-state index is 11.4. The van der Waals surface area contributed by atoms with Gasteiger partial charge >= 0.3 is 0 Å². The standard InChI is InChI=1S/C8H13F/c1-3-8(2)6-4-5-7-9/h4-6H,3,7H2,1-2H3/b5-4-,8-6+. The van der Waals surface area contributed by atoms with Crippen LogP contribution in [-0.2, 0) is 0 Å². The average Bonchev–Trinajstić information content (AvgIpc) is 1.89. The molecule has 0 radical (unpaired) electrons. The fourth-order valence-electron chi connectivity index (χ4n) is 0.402. The summed E-state index contributed by atoms with van der Waals surface area (Å²) in [6, 6.07) is 0. The molecule has 0 aromatic carbocycles. The fraction of sp³-hybridized carbons (Fsp3) is 0.500. The zero-order valence-electron chi connectivity index (χ0n) is 6.02. The van der Waals surface area contributed by atoms with Gasteiger partial charge in [0.2, 0.25) is 0 Å². The monoisotopic (exact) mass is 128 g/mol. The van der Waals surface area contributed by atoms with Crippen LogP contribution in [0, 0.1) is 0 Å². The Kier molecular flexibility index (Phi) is 5.18. The molecule has 0 aromatic rings. The molecule has 0 spiro atoms. The molecule has 0 atom stereocenters. The van der Waals surface area contributed by atoms with Crippen molar-refractivity contribution < 1.29 is 4.39 Å². The quantitative estimate of drug-likeness (QED) is 0.513. The van der Waals surface area contributed by atoms with Gasteiger partial charge in [-0.3, -0.25) is 0 Å². The number of hydrogen-bond donors (Lipinski definition) is 0. The number of rotatable bonds is 3. The van der Waals surface area contributed by atoms with Crippen LogP contribution in [0.1, 0.15) is 20.3 Å². The zero-order chi connectivity index (χ0) is 7.11. The molecule has 0 saturated carbocycles. The first-order valence-corrected chi connectivity index (χ1v) is 3.19. The molecule has 0 aliphatic rings. The van der Waals surface area contributed by atoms with Gasteiger partial charge < -0.3 is 0 Å². The summed E-state index contributed by atoms with van der Waals surface area (Å²) in [5.41, 5.74) is 1.28. The summed E-state index contributed by atoms with van der Waals surface area (Å²) in [7, 11) is 0. The summed E-state index contributed by atoms with van der Waals surface area (Å²) >= 11 is 0. The third kappa shape index (κ3) is 5.28. The number of halogens is 1. The highest BCUT2D eigenvalue weighted by molar-refractivity contribution is 5.09. The highest BCUT2D eigenvalue weighted by atomic mass is 19.1. The van der Waals surface area contributed by atoms with Crippen LogP contribution in [0.25, 0.3) is 0 Å². The number of hydrogen-bond acceptors (Lipinski definition) is 0. The van der Waals surface area contributed by atoms with Gasteiger partial charge in [-0.05, 0) is 13.3 Å². The van der Waals surface area contributed by atoms with Crippen LogP contribution in [0.15, 0.2) is 23.8 Å². The van der Waals surface area contributed by atoms with E-state index in [-0.39, 0.29) is 6.67 Å². The molecule has 0 unspecified atom stereocenters. The van der Waals surface area contributed by atoms with Gasteiger partial charge in [-0.25, -0.2) is 4.39 Å². The lowest BCUT2D eigenvalue weighted by molar-refractivity contribution is 0.562. The van der Waals surface area contributed by atoms with Crippen molar-refractivity contribution >= 4 is 0 Å². The van der Waals surface area contributed by atoms with Gasteiger partial charge in [-0.15, -0.1) is 0 Å². The zero-order valence-corrected chi connectivity index (χ0v) is 6.02. The molecule has 0 bridgehead atoms. The fourth-order valence-corrected chi connectivity index (χ4v) is 0.402. The molecule has 0 nitrogen and oxygen atoms in total. The second-order valence-electron chi connectivity index (χ2n) is 1.95. The van der Waals surface area contributed by atoms with Crippen molar-refractivity contribution in [2.75, 3.05) is 6.67 Å². The third-order valence-corrected chi connectivity index (χ3v) is 1.16. The van der Waals surface area contributed by atoms with Crippen LogP contribution in [0.2, 0.25) is 0 Å². The SMILES string of the molecule is CC/C(C)=C/C=C\CF.